The van der Waals surface area contributed by atoms with Gasteiger partial charge in [-0.05, 0) is 0 Å². The Morgan fingerprint density at radius 3 is 0.909 bits per heavy atom. The molecule has 0 saturated heterocycles. The van der Waals surface area contributed by atoms with E-state index in [0.717, 1.165) is 0 Å². The van der Waals surface area contributed by atoms with Crippen molar-refractivity contribution in [1.82, 2.24) is 0 Å². The van der Waals surface area contributed by atoms with Crippen LogP contribution in [0.2, 0.25) is 0 Å². The summed E-state index contributed by atoms with van der Waals surface area (Å²) in [7, 11) is 0. The first kappa shape index (κ1) is 24.6. The van der Waals surface area contributed by atoms with E-state index in [9.17, 15) is 60.7 Å². The van der Waals surface area contributed by atoms with Crippen LogP contribution in [-0.4, -0.2) is 54.7 Å². The van der Waals surface area contributed by atoms with Crippen molar-refractivity contribution in [3.05, 3.63) is 85.0 Å². The number of hydrogen-bond acceptors (Lipinski definition) is 14. The molecule has 0 spiro atoms. The predicted molar refractivity (Wildman–Crippen MR) is 99.8 cm³/mol. The molecule has 168 valence electrons. The van der Waals surface area contributed by atoms with Crippen molar-refractivity contribution in [2.75, 3.05) is 0 Å². The van der Waals surface area contributed by atoms with Gasteiger partial charge in [-0.2, -0.15) is 0 Å². The summed E-state index contributed by atoms with van der Waals surface area (Å²) in [6, 6.07) is 1.45. The molecule has 20 nitrogen and oxygen atoms in total. The van der Waals surface area contributed by atoms with Crippen LogP contribution in [0.5, 0.6) is 11.5 Å². The number of benzene rings is 2. The molecule has 33 heavy (non-hydrogen) atoms. The van der Waals surface area contributed by atoms with Gasteiger partial charge in [-0.1, -0.05) is 0 Å². The fourth-order valence-corrected chi connectivity index (χ4v) is 4.67. The first-order chi connectivity index (χ1) is 15.3. The third-order valence-corrected chi connectivity index (χ3v) is 5.80. The van der Waals surface area contributed by atoms with Crippen molar-refractivity contribution in [3.8, 4) is 11.5 Å². The number of nitro benzene ring substituents is 6. The molecular formula is C12H4N6O14Pb+2. The Balaban J connectivity index is 2.53. The monoisotopic (exact) mass is 664 g/mol. The molecule has 0 aliphatic heterocycles. The summed E-state index contributed by atoms with van der Waals surface area (Å²) in [5.41, 5.74) is -6.79. The number of nitrogens with zero attached hydrogens (tertiary/aromatic N) is 6. The number of rotatable bonds is 10. The zero-order valence-electron chi connectivity index (χ0n) is 15.2. The molecule has 2 aromatic carbocycles. The first-order valence-electron chi connectivity index (χ1n) is 7.66. The van der Waals surface area contributed by atoms with Crippen molar-refractivity contribution < 1.29 is 34.9 Å². The number of non-ortho nitro benzene ring substituents is 2. The minimum atomic E-state index is -3.41. The second kappa shape index (κ2) is 9.66. The summed E-state index contributed by atoms with van der Waals surface area (Å²) >= 11 is -3.41. The Morgan fingerprint density at radius 1 is 0.485 bits per heavy atom. The summed E-state index contributed by atoms with van der Waals surface area (Å²) in [6.45, 7) is 0. The molecule has 2 aromatic rings. The van der Waals surface area contributed by atoms with E-state index in [4.69, 9.17) is 5.37 Å². The van der Waals surface area contributed by atoms with Crippen molar-refractivity contribution in [2.24, 2.45) is 0 Å². The molecule has 0 aliphatic rings. The van der Waals surface area contributed by atoms with Gasteiger partial charge in [0.15, 0.2) is 0 Å². The molecule has 0 unspecified atom stereocenters. The fourth-order valence-electron chi connectivity index (χ4n) is 2.23. The molecular weight excluding hydrogens is 659 g/mol. The maximum absolute atomic E-state index is 11.2. The van der Waals surface area contributed by atoms with Gasteiger partial charge in [-0.25, -0.2) is 0 Å². The number of hydrogen-bond donors (Lipinski definition) is 0. The van der Waals surface area contributed by atoms with Crippen LogP contribution in [0.3, 0.4) is 0 Å². The standard InChI is InChI=1S/2C6H3N3O7.Pb/c2*10-6-4(8(13)14)1-3(7(11)12)2-5(6)9(15)16;/h2*1-2,10H;/q;;+4/p-2. The van der Waals surface area contributed by atoms with Gasteiger partial charge < -0.3 is 0 Å². The van der Waals surface area contributed by atoms with Crippen LogP contribution in [-0.2, 0) is 0 Å². The zero-order valence-corrected chi connectivity index (χ0v) is 19.1. The Kier molecular flexibility index (Phi) is 7.21. The van der Waals surface area contributed by atoms with Gasteiger partial charge in [-0.15, -0.1) is 0 Å². The van der Waals surface area contributed by atoms with E-state index in [2.05, 4.69) is 0 Å². The van der Waals surface area contributed by atoms with Gasteiger partial charge in [0, 0.05) is 0 Å². The van der Waals surface area contributed by atoms with Gasteiger partial charge in [0.2, 0.25) is 0 Å². The Hall–Kier alpha value is -4.64. The summed E-state index contributed by atoms with van der Waals surface area (Å²) in [4.78, 5) is 59.4. The molecule has 0 radical (unpaired) electrons. The summed E-state index contributed by atoms with van der Waals surface area (Å²) < 4.78 is 9.93. The normalized spacial score (nSPS) is 9.94. The molecule has 0 N–H and O–H groups in total. The zero-order chi connectivity index (χ0) is 25.0. The second-order valence-electron chi connectivity index (χ2n) is 5.46. The fraction of sp³-hybridized carbons (Fsp3) is 0. The van der Waals surface area contributed by atoms with E-state index in [1.165, 1.54) is 0 Å². The van der Waals surface area contributed by atoms with Gasteiger partial charge in [-0.3, -0.25) is 0 Å². The topological polar surface area (TPSA) is 277 Å². The Labute approximate surface area is 190 Å². The molecule has 0 heterocycles. The molecule has 0 fully saturated rings. The summed E-state index contributed by atoms with van der Waals surface area (Å²) in [6.07, 6.45) is 0. The van der Waals surface area contributed by atoms with Crippen molar-refractivity contribution in [3.63, 3.8) is 0 Å². The molecule has 0 aromatic heterocycles. The van der Waals surface area contributed by atoms with Crippen molar-refractivity contribution in [1.29, 1.82) is 0 Å². The van der Waals surface area contributed by atoms with E-state index in [-0.39, 0.29) is 0 Å². The summed E-state index contributed by atoms with van der Waals surface area (Å²) in [5.74, 6) is -2.13. The van der Waals surface area contributed by atoms with Gasteiger partial charge in [0.1, 0.15) is 0 Å². The molecule has 0 aliphatic carbocycles. The van der Waals surface area contributed by atoms with Crippen LogP contribution in [0.25, 0.3) is 0 Å². The molecule has 0 atom stereocenters. The van der Waals surface area contributed by atoms with Crippen LogP contribution in [0.15, 0.2) is 24.3 Å². The molecule has 2 rings (SSSR count). The average molecular weight is 663 g/mol. The molecule has 21 heteroatoms. The molecule has 0 saturated carbocycles. The minimum absolute atomic E-state index is 0.364. The Bertz CT molecular complexity index is 1070. The maximum atomic E-state index is 11.2. The number of nitro groups is 6. The summed E-state index contributed by atoms with van der Waals surface area (Å²) in [5, 5.41) is 66.6. The van der Waals surface area contributed by atoms with Gasteiger partial charge in [0.05, 0.1) is 0 Å². The second-order valence-corrected chi connectivity index (χ2v) is 7.69. The van der Waals surface area contributed by atoms with E-state index in [1.807, 2.05) is 0 Å². The predicted octanol–water partition coefficient (Wildman–Crippen LogP) is 2.13. The van der Waals surface area contributed by atoms with Crippen LogP contribution in [0.4, 0.5) is 34.1 Å². The van der Waals surface area contributed by atoms with Crippen LogP contribution < -0.4 is 5.37 Å². The molecule has 0 bridgehead atoms. The van der Waals surface area contributed by atoms with E-state index in [1.54, 1.807) is 0 Å². The van der Waals surface area contributed by atoms with Crippen LogP contribution in [0.1, 0.15) is 0 Å². The van der Waals surface area contributed by atoms with E-state index in [0.29, 0.717) is 24.3 Å². The van der Waals surface area contributed by atoms with Gasteiger partial charge >= 0.3 is 191 Å². The van der Waals surface area contributed by atoms with Crippen LogP contribution >= 0.6 is 0 Å². The Morgan fingerprint density at radius 2 is 0.727 bits per heavy atom. The molecule has 0 amide bonds. The van der Waals surface area contributed by atoms with Crippen molar-refractivity contribution in [2.45, 2.75) is 0 Å². The average Bonchev–Trinajstić information content (AvgIpc) is 2.72. The third kappa shape index (κ3) is 5.35. The third-order valence-electron chi connectivity index (χ3n) is 3.56. The first-order valence-corrected chi connectivity index (χ1v) is 10.8. The van der Waals surface area contributed by atoms with Gasteiger partial charge in [0.25, 0.3) is 0 Å². The van der Waals surface area contributed by atoms with Crippen molar-refractivity contribution >= 4 is 59.3 Å². The van der Waals surface area contributed by atoms with E-state index < -0.39 is 100 Å². The SMILES string of the molecule is O=[N+]([O-])c1cc([N+](=O)[O-])c([O][Pb+2][O]c2c([N+](=O)[O-])cc([N+](=O)[O-])cc2[N+](=O)[O-])c([N+](=O)[O-])c1. The quantitative estimate of drug-likeness (QED) is 0.200. The van der Waals surface area contributed by atoms with Crippen LogP contribution in [0, 0.1) is 60.7 Å². The van der Waals surface area contributed by atoms with E-state index >= 15 is 0 Å².